The van der Waals surface area contributed by atoms with Crippen LogP contribution in [0, 0.1) is 5.92 Å². The van der Waals surface area contributed by atoms with Crippen LogP contribution in [0.1, 0.15) is 26.3 Å². The van der Waals surface area contributed by atoms with Gasteiger partial charge in [0.1, 0.15) is 5.75 Å². The molecule has 0 aliphatic heterocycles. The van der Waals surface area contributed by atoms with Gasteiger partial charge in [-0.2, -0.15) is 11.8 Å². The smallest absolute Gasteiger partial charge is 0.137 e. The van der Waals surface area contributed by atoms with Crippen molar-refractivity contribution in [1.82, 2.24) is 5.32 Å². The maximum Gasteiger partial charge on any atom is 0.137 e. The Kier molecular flexibility index (Phi) is 8.58. The van der Waals surface area contributed by atoms with Crippen LogP contribution in [0.4, 0.5) is 0 Å². The Morgan fingerprint density at radius 3 is 2.84 bits per heavy atom. The zero-order valence-electron chi connectivity index (χ0n) is 12.0. The molecule has 0 saturated heterocycles. The van der Waals surface area contributed by atoms with Gasteiger partial charge in [-0.3, -0.25) is 0 Å². The first kappa shape index (κ1) is 16.9. The highest BCUT2D eigenvalue weighted by Gasteiger charge is 2.08. The third kappa shape index (κ3) is 6.68. The molecule has 0 bridgehead atoms. The van der Waals surface area contributed by atoms with Crippen molar-refractivity contribution in [2.75, 3.05) is 24.7 Å². The predicted molar refractivity (Wildman–Crippen MR) is 89.2 cm³/mol. The minimum atomic E-state index is 0.664. The van der Waals surface area contributed by atoms with Crippen molar-refractivity contribution in [2.24, 2.45) is 5.92 Å². The molecule has 4 heteroatoms. The molecule has 0 spiro atoms. The van der Waals surface area contributed by atoms with Crippen molar-refractivity contribution < 1.29 is 4.74 Å². The van der Waals surface area contributed by atoms with Gasteiger partial charge in [0, 0.05) is 17.9 Å². The molecule has 0 saturated carbocycles. The number of para-hydroxylation sites is 1. The number of ether oxygens (including phenoxy) is 1. The second kappa shape index (κ2) is 9.67. The molecule has 0 heterocycles. The van der Waals surface area contributed by atoms with Crippen molar-refractivity contribution in [3.8, 4) is 5.75 Å². The molecule has 0 fully saturated rings. The SMILES string of the molecule is CCSCCOc1c(Br)cccc1CNCC(C)C. The van der Waals surface area contributed by atoms with Crippen molar-refractivity contribution in [2.45, 2.75) is 27.3 Å². The largest absolute Gasteiger partial charge is 0.491 e. The molecule has 1 N–H and O–H groups in total. The average molecular weight is 346 g/mol. The van der Waals surface area contributed by atoms with Crippen LogP contribution in [0.2, 0.25) is 0 Å². The van der Waals surface area contributed by atoms with Crippen molar-refractivity contribution in [3.05, 3.63) is 28.2 Å². The molecule has 0 amide bonds. The number of rotatable bonds is 9. The minimum Gasteiger partial charge on any atom is -0.491 e. The summed E-state index contributed by atoms with van der Waals surface area (Å²) in [6.07, 6.45) is 0. The summed E-state index contributed by atoms with van der Waals surface area (Å²) in [6.45, 7) is 9.24. The number of thioether (sulfide) groups is 1. The normalized spacial score (nSPS) is 11.0. The van der Waals surface area contributed by atoms with Gasteiger partial charge in [0.05, 0.1) is 11.1 Å². The molecule has 0 unspecified atom stereocenters. The van der Waals surface area contributed by atoms with E-state index in [0.717, 1.165) is 41.4 Å². The van der Waals surface area contributed by atoms with Crippen molar-refractivity contribution in [1.29, 1.82) is 0 Å². The minimum absolute atomic E-state index is 0.664. The van der Waals surface area contributed by atoms with Crippen molar-refractivity contribution >= 4 is 27.7 Å². The Hall–Kier alpha value is -0.190. The number of nitrogens with one attached hydrogen (secondary N) is 1. The van der Waals surface area contributed by atoms with Gasteiger partial charge >= 0.3 is 0 Å². The average Bonchev–Trinajstić information content (AvgIpc) is 2.36. The van der Waals surface area contributed by atoms with Gasteiger partial charge in [-0.15, -0.1) is 0 Å². The Morgan fingerprint density at radius 1 is 1.37 bits per heavy atom. The molecule has 0 aliphatic rings. The fourth-order valence-electron chi connectivity index (χ4n) is 1.70. The van der Waals surface area contributed by atoms with Gasteiger partial charge in [0.15, 0.2) is 0 Å². The topological polar surface area (TPSA) is 21.3 Å². The third-order valence-electron chi connectivity index (χ3n) is 2.59. The molecule has 0 atom stereocenters. The lowest BCUT2D eigenvalue weighted by atomic mass is 10.2. The van der Waals surface area contributed by atoms with Gasteiger partial charge in [-0.1, -0.05) is 32.9 Å². The summed E-state index contributed by atoms with van der Waals surface area (Å²) in [5.41, 5.74) is 1.22. The van der Waals surface area contributed by atoms with E-state index in [1.807, 2.05) is 17.8 Å². The van der Waals surface area contributed by atoms with Crippen LogP contribution < -0.4 is 10.1 Å². The molecule has 1 aromatic rings. The molecule has 108 valence electrons. The van der Waals surface area contributed by atoms with Crippen molar-refractivity contribution in [3.63, 3.8) is 0 Å². The van der Waals surface area contributed by atoms with Crippen LogP contribution in [0.5, 0.6) is 5.75 Å². The van der Waals surface area contributed by atoms with E-state index in [1.165, 1.54) is 5.56 Å². The van der Waals surface area contributed by atoms with Crippen LogP contribution in [0.3, 0.4) is 0 Å². The molecule has 0 aliphatic carbocycles. The zero-order chi connectivity index (χ0) is 14.1. The van der Waals surface area contributed by atoms with E-state index in [1.54, 1.807) is 0 Å². The summed E-state index contributed by atoms with van der Waals surface area (Å²) in [6, 6.07) is 6.22. The van der Waals surface area contributed by atoms with Gasteiger partial charge in [0.2, 0.25) is 0 Å². The molecule has 0 radical (unpaired) electrons. The number of benzene rings is 1. The summed E-state index contributed by atoms with van der Waals surface area (Å²) in [5.74, 6) is 3.83. The molecule has 1 rings (SSSR count). The number of hydrogen-bond donors (Lipinski definition) is 1. The van der Waals surface area contributed by atoms with Gasteiger partial charge < -0.3 is 10.1 Å². The Morgan fingerprint density at radius 2 is 2.16 bits per heavy atom. The summed E-state index contributed by atoms with van der Waals surface area (Å²) in [4.78, 5) is 0. The first-order chi connectivity index (χ1) is 9.15. The fraction of sp³-hybridized carbons (Fsp3) is 0.600. The van der Waals surface area contributed by atoms with Gasteiger partial charge in [0.25, 0.3) is 0 Å². The lowest BCUT2D eigenvalue weighted by Crippen LogP contribution is -2.19. The Labute approximate surface area is 129 Å². The van der Waals surface area contributed by atoms with Crippen LogP contribution in [-0.2, 0) is 6.54 Å². The van der Waals surface area contributed by atoms with E-state index >= 15 is 0 Å². The maximum absolute atomic E-state index is 5.92. The van der Waals surface area contributed by atoms with Gasteiger partial charge in [-0.25, -0.2) is 0 Å². The highest BCUT2D eigenvalue weighted by molar-refractivity contribution is 9.10. The number of halogens is 1. The number of hydrogen-bond acceptors (Lipinski definition) is 3. The fourth-order valence-corrected chi connectivity index (χ4v) is 2.71. The van der Waals surface area contributed by atoms with E-state index in [9.17, 15) is 0 Å². The monoisotopic (exact) mass is 345 g/mol. The summed E-state index contributed by atoms with van der Waals surface area (Å²) in [7, 11) is 0. The highest BCUT2D eigenvalue weighted by atomic mass is 79.9. The summed E-state index contributed by atoms with van der Waals surface area (Å²) in [5, 5.41) is 3.46. The second-order valence-electron chi connectivity index (χ2n) is 4.80. The van der Waals surface area contributed by atoms with Crippen LogP contribution in [0.25, 0.3) is 0 Å². The second-order valence-corrected chi connectivity index (χ2v) is 7.05. The lowest BCUT2D eigenvalue weighted by Gasteiger charge is -2.14. The predicted octanol–water partition coefficient (Wildman–Crippen LogP) is 4.33. The standard InChI is InChI=1S/C15H24BrNOS/c1-4-19-9-8-18-15-13(6-5-7-14(15)16)11-17-10-12(2)3/h5-7,12,17H,4,8-11H2,1-3H3. The first-order valence-corrected chi connectivity index (χ1v) is 8.78. The molecule has 1 aromatic carbocycles. The van der Waals surface area contributed by atoms with E-state index in [0.29, 0.717) is 5.92 Å². The zero-order valence-corrected chi connectivity index (χ0v) is 14.4. The summed E-state index contributed by atoms with van der Waals surface area (Å²) < 4.78 is 6.96. The van der Waals surface area contributed by atoms with Crippen LogP contribution in [0.15, 0.2) is 22.7 Å². The molecular weight excluding hydrogens is 322 g/mol. The Balaban J connectivity index is 2.56. The third-order valence-corrected chi connectivity index (χ3v) is 4.08. The molecule has 2 nitrogen and oxygen atoms in total. The quantitative estimate of drug-likeness (QED) is 0.673. The van der Waals surface area contributed by atoms with E-state index in [2.05, 4.69) is 54.2 Å². The molecular formula is C15H24BrNOS. The maximum atomic E-state index is 5.92. The van der Waals surface area contributed by atoms with E-state index in [4.69, 9.17) is 4.74 Å². The van der Waals surface area contributed by atoms with Crippen LogP contribution >= 0.6 is 27.7 Å². The molecule has 0 aromatic heterocycles. The van der Waals surface area contributed by atoms with Crippen LogP contribution in [-0.4, -0.2) is 24.7 Å². The Bertz CT molecular complexity index is 371. The lowest BCUT2D eigenvalue weighted by molar-refractivity contribution is 0.336. The van der Waals surface area contributed by atoms with E-state index in [-0.39, 0.29) is 0 Å². The first-order valence-electron chi connectivity index (χ1n) is 6.83. The van der Waals surface area contributed by atoms with E-state index < -0.39 is 0 Å². The summed E-state index contributed by atoms with van der Waals surface area (Å²) >= 11 is 5.48. The highest BCUT2D eigenvalue weighted by Crippen LogP contribution is 2.29. The van der Waals surface area contributed by atoms with Gasteiger partial charge in [-0.05, 0) is 40.2 Å². The molecule has 19 heavy (non-hydrogen) atoms.